The van der Waals surface area contributed by atoms with Crippen LogP contribution in [-0.4, -0.2) is 12.4 Å². The number of halogens is 1. The predicted molar refractivity (Wildman–Crippen MR) is 53.2 cm³/mol. The van der Waals surface area contributed by atoms with Crippen LogP contribution in [0.3, 0.4) is 0 Å². The Labute approximate surface area is 82.2 Å². The van der Waals surface area contributed by atoms with Crippen LogP contribution < -0.4 is 10.5 Å². The maximum absolute atomic E-state index is 13.1. The molecule has 0 radical (unpaired) electrons. The van der Waals surface area contributed by atoms with E-state index in [-0.39, 0.29) is 24.0 Å². The van der Waals surface area contributed by atoms with Crippen LogP contribution in [0.15, 0.2) is 18.2 Å². The van der Waals surface area contributed by atoms with E-state index in [1.165, 1.54) is 6.07 Å². The predicted octanol–water partition coefficient (Wildman–Crippen LogP) is 1.84. The Balaban J connectivity index is 2.57. The highest BCUT2D eigenvalue weighted by Crippen LogP contribution is 2.18. The van der Waals surface area contributed by atoms with Crippen molar-refractivity contribution in [3.63, 3.8) is 0 Å². The molecule has 0 saturated carbocycles. The lowest BCUT2D eigenvalue weighted by Crippen LogP contribution is -2.14. The zero-order valence-corrected chi connectivity index (χ0v) is 8.01. The number of amidine groups is 1. The van der Waals surface area contributed by atoms with Crippen LogP contribution in [0.5, 0.6) is 5.75 Å². The van der Waals surface area contributed by atoms with Gasteiger partial charge in [-0.05, 0) is 24.6 Å². The summed E-state index contributed by atoms with van der Waals surface area (Å²) in [6, 6.07) is 4.65. The van der Waals surface area contributed by atoms with Crippen molar-refractivity contribution >= 4 is 5.84 Å². The molecule has 76 valence electrons. The van der Waals surface area contributed by atoms with E-state index in [1.54, 1.807) is 12.1 Å². The van der Waals surface area contributed by atoms with Gasteiger partial charge < -0.3 is 10.5 Å². The van der Waals surface area contributed by atoms with Gasteiger partial charge in [0, 0.05) is 6.42 Å². The number of nitrogens with two attached hydrogens (primary N) is 1. The van der Waals surface area contributed by atoms with Gasteiger partial charge in [0.2, 0.25) is 0 Å². The summed E-state index contributed by atoms with van der Waals surface area (Å²) in [5, 5.41) is 6.96. The van der Waals surface area contributed by atoms with Crippen molar-refractivity contribution in [2.24, 2.45) is 5.73 Å². The standard InChI is InChI=1S/C10H13FN2O/c1-7-2-3-8(11)9(6-7)14-5-4-10(12)13/h2-3,6H,4-5H2,1H3,(H3,12,13). The molecule has 0 bridgehead atoms. The molecule has 0 saturated heterocycles. The molecule has 0 aliphatic carbocycles. The Morgan fingerprint density at radius 2 is 2.29 bits per heavy atom. The first kappa shape index (κ1) is 10.5. The van der Waals surface area contributed by atoms with Crippen LogP contribution in [0.2, 0.25) is 0 Å². The van der Waals surface area contributed by atoms with E-state index in [9.17, 15) is 4.39 Å². The second-order valence-electron chi connectivity index (χ2n) is 3.06. The summed E-state index contributed by atoms with van der Waals surface area (Å²) in [7, 11) is 0. The van der Waals surface area contributed by atoms with Gasteiger partial charge in [0.15, 0.2) is 11.6 Å². The Bertz CT molecular complexity index is 339. The SMILES string of the molecule is Cc1ccc(F)c(OCCC(=N)N)c1. The van der Waals surface area contributed by atoms with E-state index in [0.29, 0.717) is 6.42 Å². The second kappa shape index (κ2) is 4.60. The minimum absolute atomic E-state index is 0.0399. The summed E-state index contributed by atoms with van der Waals surface area (Å²) < 4.78 is 18.2. The zero-order valence-electron chi connectivity index (χ0n) is 8.01. The van der Waals surface area contributed by atoms with Crippen molar-refractivity contribution in [3.05, 3.63) is 29.6 Å². The molecule has 0 spiro atoms. The quantitative estimate of drug-likeness (QED) is 0.570. The summed E-state index contributed by atoms with van der Waals surface area (Å²) in [6.45, 7) is 2.09. The molecule has 0 atom stereocenters. The number of rotatable bonds is 4. The van der Waals surface area contributed by atoms with E-state index in [4.69, 9.17) is 15.9 Å². The van der Waals surface area contributed by atoms with Gasteiger partial charge in [0.25, 0.3) is 0 Å². The van der Waals surface area contributed by atoms with Crippen molar-refractivity contribution in [1.29, 1.82) is 5.41 Å². The number of hydrogen-bond acceptors (Lipinski definition) is 2. The highest BCUT2D eigenvalue weighted by molar-refractivity contribution is 5.76. The summed E-state index contributed by atoms with van der Waals surface area (Å²) in [5.41, 5.74) is 6.07. The molecule has 0 amide bonds. The maximum Gasteiger partial charge on any atom is 0.165 e. The van der Waals surface area contributed by atoms with Gasteiger partial charge in [-0.25, -0.2) is 4.39 Å². The fraction of sp³-hybridized carbons (Fsp3) is 0.300. The number of aryl methyl sites for hydroxylation is 1. The van der Waals surface area contributed by atoms with Crippen molar-refractivity contribution in [1.82, 2.24) is 0 Å². The average molecular weight is 196 g/mol. The van der Waals surface area contributed by atoms with Crippen LogP contribution in [0.1, 0.15) is 12.0 Å². The molecule has 3 nitrogen and oxygen atoms in total. The third-order valence-corrected chi connectivity index (χ3v) is 1.72. The van der Waals surface area contributed by atoms with Crippen LogP contribution in [0, 0.1) is 18.2 Å². The van der Waals surface area contributed by atoms with Gasteiger partial charge in [0.05, 0.1) is 12.4 Å². The fourth-order valence-electron chi connectivity index (χ4n) is 0.992. The lowest BCUT2D eigenvalue weighted by atomic mass is 10.2. The molecule has 0 aromatic heterocycles. The Hall–Kier alpha value is -1.58. The molecular formula is C10H13FN2O. The average Bonchev–Trinajstić information content (AvgIpc) is 2.10. The molecule has 1 rings (SSSR count). The molecule has 0 fully saturated rings. The molecule has 0 unspecified atom stereocenters. The topological polar surface area (TPSA) is 59.1 Å². The van der Waals surface area contributed by atoms with Crippen molar-refractivity contribution in [3.8, 4) is 5.75 Å². The number of benzene rings is 1. The summed E-state index contributed by atoms with van der Waals surface area (Å²) >= 11 is 0. The van der Waals surface area contributed by atoms with E-state index >= 15 is 0 Å². The Morgan fingerprint density at radius 1 is 1.57 bits per heavy atom. The molecule has 3 N–H and O–H groups in total. The van der Waals surface area contributed by atoms with Gasteiger partial charge in [-0.2, -0.15) is 0 Å². The van der Waals surface area contributed by atoms with E-state index in [0.717, 1.165) is 5.56 Å². The normalized spacial score (nSPS) is 9.86. The third kappa shape index (κ3) is 3.05. The fourth-order valence-corrected chi connectivity index (χ4v) is 0.992. The number of hydrogen-bond donors (Lipinski definition) is 2. The van der Waals surface area contributed by atoms with Gasteiger partial charge in [-0.1, -0.05) is 6.07 Å². The van der Waals surface area contributed by atoms with Crippen molar-refractivity contribution < 1.29 is 9.13 Å². The number of ether oxygens (including phenoxy) is 1. The van der Waals surface area contributed by atoms with Crippen LogP contribution in [-0.2, 0) is 0 Å². The van der Waals surface area contributed by atoms with Gasteiger partial charge in [-0.3, -0.25) is 5.41 Å². The van der Waals surface area contributed by atoms with E-state index in [1.807, 2.05) is 6.92 Å². The van der Waals surface area contributed by atoms with Gasteiger partial charge in [0.1, 0.15) is 0 Å². The van der Waals surface area contributed by atoms with E-state index in [2.05, 4.69) is 0 Å². The molecule has 14 heavy (non-hydrogen) atoms. The molecule has 0 aliphatic heterocycles. The molecule has 0 heterocycles. The first-order valence-electron chi connectivity index (χ1n) is 4.31. The smallest absolute Gasteiger partial charge is 0.165 e. The Kier molecular flexibility index (Phi) is 3.45. The van der Waals surface area contributed by atoms with Gasteiger partial charge in [-0.15, -0.1) is 0 Å². The Morgan fingerprint density at radius 3 is 2.93 bits per heavy atom. The molecule has 0 aliphatic rings. The maximum atomic E-state index is 13.1. The summed E-state index contributed by atoms with van der Waals surface area (Å²) in [6.07, 6.45) is 0.313. The first-order valence-corrected chi connectivity index (χ1v) is 4.31. The second-order valence-corrected chi connectivity index (χ2v) is 3.06. The van der Waals surface area contributed by atoms with Crippen molar-refractivity contribution in [2.75, 3.05) is 6.61 Å². The zero-order chi connectivity index (χ0) is 10.6. The van der Waals surface area contributed by atoms with E-state index < -0.39 is 0 Å². The minimum atomic E-state index is -0.390. The summed E-state index contributed by atoms with van der Waals surface area (Å²) in [5.74, 6) is -0.136. The minimum Gasteiger partial charge on any atom is -0.490 e. The number of nitrogens with one attached hydrogen (secondary N) is 1. The lowest BCUT2D eigenvalue weighted by molar-refractivity contribution is 0.311. The van der Waals surface area contributed by atoms with Crippen LogP contribution >= 0.6 is 0 Å². The monoisotopic (exact) mass is 196 g/mol. The molecule has 1 aromatic carbocycles. The highest BCUT2D eigenvalue weighted by Gasteiger charge is 2.02. The third-order valence-electron chi connectivity index (χ3n) is 1.72. The summed E-state index contributed by atoms with van der Waals surface area (Å²) in [4.78, 5) is 0. The lowest BCUT2D eigenvalue weighted by Gasteiger charge is -2.06. The van der Waals surface area contributed by atoms with Gasteiger partial charge >= 0.3 is 0 Å². The molecular weight excluding hydrogens is 183 g/mol. The van der Waals surface area contributed by atoms with Crippen molar-refractivity contribution in [2.45, 2.75) is 13.3 Å². The van der Waals surface area contributed by atoms with Crippen LogP contribution in [0.4, 0.5) is 4.39 Å². The van der Waals surface area contributed by atoms with Crippen LogP contribution in [0.25, 0.3) is 0 Å². The highest BCUT2D eigenvalue weighted by atomic mass is 19.1. The molecule has 4 heteroatoms. The first-order chi connectivity index (χ1) is 6.59. The molecule has 1 aromatic rings. The largest absolute Gasteiger partial charge is 0.490 e.